The Balaban J connectivity index is 2.54. The van der Waals surface area contributed by atoms with Crippen molar-refractivity contribution in [3.8, 4) is 22.6 Å². The van der Waals surface area contributed by atoms with Gasteiger partial charge in [0.25, 0.3) is 0 Å². The molecule has 0 atom stereocenters. The summed E-state index contributed by atoms with van der Waals surface area (Å²) in [5.41, 5.74) is 0.553. The maximum absolute atomic E-state index is 12.7. The van der Waals surface area contributed by atoms with Crippen LogP contribution in [0.1, 0.15) is 26.3 Å². The van der Waals surface area contributed by atoms with Crippen LogP contribution >= 0.6 is 23.2 Å². The molecule has 0 saturated carbocycles. The first-order valence-corrected chi connectivity index (χ1v) is 8.43. The van der Waals surface area contributed by atoms with Gasteiger partial charge in [0.1, 0.15) is 11.5 Å². The fraction of sp³-hybridized carbons (Fsp3) is 0.333. The van der Waals surface area contributed by atoms with Crippen molar-refractivity contribution in [3.63, 3.8) is 0 Å². The molecule has 0 unspecified atom stereocenters. The van der Waals surface area contributed by atoms with E-state index < -0.39 is 12.1 Å². The minimum Gasteiger partial charge on any atom is -0.507 e. The Labute approximate surface area is 159 Å². The van der Waals surface area contributed by atoms with E-state index in [1.165, 1.54) is 12.1 Å². The highest BCUT2D eigenvalue weighted by Gasteiger charge is 2.32. The summed E-state index contributed by atoms with van der Waals surface area (Å²) in [6, 6.07) is 6.80. The molecule has 2 aromatic rings. The molecule has 2 aromatic carbocycles. The van der Waals surface area contributed by atoms with Gasteiger partial charge in [-0.3, -0.25) is 0 Å². The summed E-state index contributed by atoms with van der Waals surface area (Å²) in [4.78, 5) is 0. The van der Waals surface area contributed by atoms with Gasteiger partial charge in [0.05, 0.1) is 10.0 Å². The van der Waals surface area contributed by atoms with Crippen LogP contribution in [0.2, 0.25) is 10.0 Å². The fourth-order valence-electron chi connectivity index (χ4n) is 2.24. The van der Waals surface area contributed by atoms with Gasteiger partial charge in [-0.1, -0.05) is 29.3 Å². The Morgan fingerprint density at radius 1 is 1.04 bits per heavy atom. The summed E-state index contributed by atoms with van der Waals surface area (Å²) in [6.07, 6.45) is -4.85. The van der Waals surface area contributed by atoms with Crippen LogP contribution in [0, 0.1) is 0 Å². The zero-order valence-electron chi connectivity index (χ0n) is 14.3. The summed E-state index contributed by atoms with van der Waals surface area (Å²) >= 11 is 11.9. The van der Waals surface area contributed by atoms with Crippen molar-refractivity contribution in [3.05, 3.63) is 45.9 Å². The van der Waals surface area contributed by atoms with Crippen LogP contribution in [0.3, 0.4) is 0 Å². The number of rotatable bonds is 4. The SMILES string of the molecule is CC(C)(C)NCc1cc(OC(F)(F)F)cc(-c2ccc(Cl)c(Cl)c2)c1O. The Morgan fingerprint density at radius 2 is 1.69 bits per heavy atom. The molecule has 2 rings (SSSR count). The molecule has 0 amide bonds. The molecule has 0 heterocycles. The summed E-state index contributed by atoms with van der Waals surface area (Å²) in [5.74, 6) is -0.586. The quantitative estimate of drug-likeness (QED) is 0.638. The summed E-state index contributed by atoms with van der Waals surface area (Å²) in [7, 11) is 0. The highest BCUT2D eigenvalue weighted by Crippen LogP contribution is 2.39. The van der Waals surface area contributed by atoms with Gasteiger partial charge in [-0.2, -0.15) is 0 Å². The monoisotopic (exact) mass is 407 g/mol. The average Bonchev–Trinajstić information content (AvgIpc) is 2.48. The number of phenolic OH excluding ortho intramolecular Hbond substituents is 1. The third-order valence-electron chi connectivity index (χ3n) is 3.44. The van der Waals surface area contributed by atoms with E-state index in [4.69, 9.17) is 23.2 Å². The lowest BCUT2D eigenvalue weighted by Gasteiger charge is -2.22. The van der Waals surface area contributed by atoms with Gasteiger partial charge in [-0.05, 0) is 50.6 Å². The van der Waals surface area contributed by atoms with E-state index in [0.717, 1.165) is 12.1 Å². The topological polar surface area (TPSA) is 41.5 Å². The van der Waals surface area contributed by atoms with Gasteiger partial charge >= 0.3 is 6.36 Å². The minimum atomic E-state index is -4.85. The molecule has 0 spiro atoms. The van der Waals surface area contributed by atoms with Crippen molar-refractivity contribution in [1.29, 1.82) is 0 Å². The molecule has 0 radical (unpaired) electrons. The standard InChI is InChI=1S/C18H18Cl2F3NO2/c1-17(2,3)24-9-11-6-12(26-18(21,22)23)8-13(16(11)25)10-4-5-14(19)15(20)7-10/h4-8,24-25H,9H2,1-3H3. The van der Waals surface area contributed by atoms with Gasteiger partial charge in [-0.15, -0.1) is 13.2 Å². The van der Waals surface area contributed by atoms with E-state index in [1.807, 2.05) is 20.8 Å². The number of nitrogens with one attached hydrogen (secondary N) is 1. The van der Waals surface area contributed by atoms with Crippen LogP contribution in [0.25, 0.3) is 11.1 Å². The Hall–Kier alpha value is -1.63. The second kappa shape index (κ2) is 7.55. The van der Waals surface area contributed by atoms with Crippen LogP contribution < -0.4 is 10.1 Å². The summed E-state index contributed by atoms with van der Waals surface area (Å²) in [6.45, 7) is 5.86. The summed E-state index contributed by atoms with van der Waals surface area (Å²) < 4.78 is 42.0. The van der Waals surface area contributed by atoms with E-state index >= 15 is 0 Å². The second-order valence-electron chi connectivity index (χ2n) is 6.76. The lowest BCUT2D eigenvalue weighted by molar-refractivity contribution is -0.274. The second-order valence-corrected chi connectivity index (χ2v) is 7.57. The van der Waals surface area contributed by atoms with Crippen LogP contribution in [0.5, 0.6) is 11.5 Å². The number of hydrogen-bond acceptors (Lipinski definition) is 3. The van der Waals surface area contributed by atoms with E-state index in [0.29, 0.717) is 10.6 Å². The Kier molecular flexibility index (Phi) is 6.00. The normalized spacial score (nSPS) is 12.3. The van der Waals surface area contributed by atoms with E-state index in [2.05, 4.69) is 10.1 Å². The van der Waals surface area contributed by atoms with Gasteiger partial charge in [0.2, 0.25) is 0 Å². The van der Waals surface area contributed by atoms with Crippen molar-refractivity contribution < 1.29 is 23.0 Å². The first-order valence-electron chi connectivity index (χ1n) is 7.68. The van der Waals surface area contributed by atoms with Crippen LogP contribution in [-0.4, -0.2) is 17.0 Å². The largest absolute Gasteiger partial charge is 0.573 e. The van der Waals surface area contributed by atoms with Crippen LogP contribution in [0.4, 0.5) is 13.2 Å². The Bertz CT molecular complexity index is 802. The predicted molar refractivity (Wildman–Crippen MR) is 96.8 cm³/mol. The maximum atomic E-state index is 12.7. The van der Waals surface area contributed by atoms with Crippen molar-refractivity contribution >= 4 is 23.2 Å². The number of hydrogen-bond donors (Lipinski definition) is 2. The van der Waals surface area contributed by atoms with Crippen molar-refractivity contribution in [2.45, 2.75) is 39.2 Å². The first-order chi connectivity index (χ1) is 11.9. The zero-order chi connectivity index (χ0) is 19.7. The molecule has 8 heteroatoms. The molecule has 0 aliphatic heterocycles. The highest BCUT2D eigenvalue weighted by molar-refractivity contribution is 6.42. The van der Waals surface area contributed by atoms with Crippen LogP contribution in [-0.2, 0) is 6.54 Å². The van der Waals surface area contributed by atoms with Crippen LogP contribution in [0.15, 0.2) is 30.3 Å². The smallest absolute Gasteiger partial charge is 0.507 e. The molecule has 0 saturated heterocycles. The van der Waals surface area contributed by atoms with E-state index in [1.54, 1.807) is 6.07 Å². The molecule has 3 nitrogen and oxygen atoms in total. The minimum absolute atomic E-state index is 0.152. The molecule has 26 heavy (non-hydrogen) atoms. The molecular formula is C18H18Cl2F3NO2. The third kappa shape index (κ3) is 5.69. The molecule has 0 aliphatic carbocycles. The number of alkyl halides is 3. The fourth-order valence-corrected chi connectivity index (χ4v) is 2.53. The lowest BCUT2D eigenvalue weighted by atomic mass is 10.00. The molecular weight excluding hydrogens is 390 g/mol. The predicted octanol–water partition coefficient (Wildman–Crippen LogP) is 6.15. The third-order valence-corrected chi connectivity index (χ3v) is 4.17. The summed E-state index contributed by atoms with van der Waals surface area (Å²) in [5, 5.41) is 14.2. The molecule has 0 aliphatic rings. The average molecular weight is 408 g/mol. The van der Waals surface area contributed by atoms with Gasteiger partial charge in [0.15, 0.2) is 0 Å². The van der Waals surface area contributed by atoms with E-state index in [9.17, 15) is 18.3 Å². The first kappa shape index (κ1) is 20.7. The van der Waals surface area contributed by atoms with Gasteiger partial charge in [-0.25, -0.2) is 0 Å². The highest BCUT2D eigenvalue weighted by atomic mass is 35.5. The lowest BCUT2D eigenvalue weighted by Crippen LogP contribution is -2.35. The molecule has 0 bridgehead atoms. The van der Waals surface area contributed by atoms with Crippen molar-refractivity contribution in [2.24, 2.45) is 0 Å². The number of ether oxygens (including phenoxy) is 1. The number of phenols is 1. The van der Waals surface area contributed by atoms with Gasteiger partial charge in [0, 0.05) is 23.2 Å². The molecule has 0 aromatic heterocycles. The Morgan fingerprint density at radius 3 is 2.23 bits per heavy atom. The number of aromatic hydroxyl groups is 1. The van der Waals surface area contributed by atoms with Crippen molar-refractivity contribution in [1.82, 2.24) is 5.32 Å². The molecule has 142 valence electrons. The van der Waals surface area contributed by atoms with E-state index in [-0.39, 0.29) is 34.0 Å². The maximum Gasteiger partial charge on any atom is 0.573 e. The molecule has 0 fully saturated rings. The number of benzene rings is 2. The van der Waals surface area contributed by atoms with Gasteiger partial charge < -0.3 is 15.2 Å². The molecule has 2 N–H and O–H groups in total. The van der Waals surface area contributed by atoms with Crippen molar-refractivity contribution in [2.75, 3.05) is 0 Å². The number of halogens is 5. The zero-order valence-corrected chi connectivity index (χ0v) is 15.9.